The maximum atomic E-state index is 11.6. The summed E-state index contributed by atoms with van der Waals surface area (Å²) in [6.07, 6.45) is -4.97. The Hall–Kier alpha value is -2.69. The molecular weight excluding hydrogens is 366 g/mol. The molecule has 27 heavy (non-hydrogen) atoms. The second kappa shape index (κ2) is 9.86. The first-order valence-corrected chi connectivity index (χ1v) is 8.08. The first-order chi connectivity index (χ1) is 12.5. The average molecular weight is 389 g/mol. The summed E-state index contributed by atoms with van der Waals surface area (Å²) in [5.74, 6) is -3.34. The van der Waals surface area contributed by atoms with E-state index in [-0.39, 0.29) is 6.61 Å². The van der Waals surface area contributed by atoms with Crippen LogP contribution in [-0.4, -0.2) is 67.0 Å². The normalized spacial score (nSPS) is 27.1. The van der Waals surface area contributed by atoms with Gasteiger partial charge < -0.3 is 29.0 Å². The zero-order valence-electron chi connectivity index (χ0n) is 15.7. The van der Waals surface area contributed by atoms with Crippen molar-refractivity contribution in [3.8, 4) is 0 Å². The molecule has 1 aliphatic rings. The van der Waals surface area contributed by atoms with Crippen LogP contribution in [0.15, 0.2) is 0 Å². The summed E-state index contributed by atoms with van der Waals surface area (Å²) < 4.78 is 25.9. The standard InChI is InChI=1S/C16H23NO10/c1-7(18)17-13-15(25-10(4)21)14(24-9(3)20)12(6-23-8(2)19)27-16(13)26-11(5)22/h12-16H,6H2,1-5H3,(H,17,18)/t12-,13-,14-,15+,16+/m1/s1. The SMILES string of the molecule is CC(=O)N[C@H]1[C@@H](OC(C)=O)O[C@H](COC(C)=O)[C@@H](OC(C)=O)[C@H]1OC(C)=O. The highest BCUT2D eigenvalue weighted by atomic mass is 16.7. The number of nitrogens with one attached hydrogen (secondary N) is 1. The molecule has 0 aromatic carbocycles. The Morgan fingerprint density at radius 1 is 0.778 bits per heavy atom. The van der Waals surface area contributed by atoms with Crippen molar-refractivity contribution in [1.82, 2.24) is 5.32 Å². The number of rotatable bonds is 6. The number of amides is 1. The molecule has 0 spiro atoms. The number of carbonyl (C=O) groups is 5. The van der Waals surface area contributed by atoms with Crippen LogP contribution in [0.5, 0.6) is 0 Å². The third kappa shape index (κ3) is 7.21. The van der Waals surface area contributed by atoms with Crippen molar-refractivity contribution in [1.29, 1.82) is 0 Å². The van der Waals surface area contributed by atoms with Crippen LogP contribution in [0.1, 0.15) is 34.6 Å². The number of hydrogen-bond donors (Lipinski definition) is 1. The molecule has 1 aliphatic heterocycles. The molecule has 0 aromatic rings. The smallest absolute Gasteiger partial charge is 0.305 e. The number of ether oxygens (including phenoxy) is 5. The molecule has 1 N–H and O–H groups in total. The van der Waals surface area contributed by atoms with Crippen LogP contribution in [0.3, 0.4) is 0 Å². The molecule has 152 valence electrons. The second-order valence-electron chi connectivity index (χ2n) is 5.83. The predicted molar refractivity (Wildman–Crippen MR) is 85.8 cm³/mol. The molecule has 0 unspecified atom stereocenters. The lowest BCUT2D eigenvalue weighted by Gasteiger charge is -2.44. The minimum Gasteiger partial charge on any atom is -0.463 e. The molecule has 1 saturated heterocycles. The van der Waals surface area contributed by atoms with Gasteiger partial charge in [-0.05, 0) is 0 Å². The Kier molecular flexibility index (Phi) is 8.16. The summed E-state index contributed by atoms with van der Waals surface area (Å²) in [4.78, 5) is 57.2. The van der Waals surface area contributed by atoms with Gasteiger partial charge in [-0.1, -0.05) is 0 Å². The largest absolute Gasteiger partial charge is 0.463 e. The first kappa shape index (κ1) is 22.4. The Morgan fingerprint density at radius 2 is 1.30 bits per heavy atom. The van der Waals surface area contributed by atoms with E-state index in [1.165, 1.54) is 6.92 Å². The molecule has 11 nitrogen and oxygen atoms in total. The molecule has 0 saturated carbocycles. The lowest BCUT2D eigenvalue weighted by Crippen LogP contribution is -2.66. The molecule has 1 fully saturated rings. The van der Waals surface area contributed by atoms with Gasteiger partial charge >= 0.3 is 23.9 Å². The van der Waals surface area contributed by atoms with Crippen molar-refractivity contribution >= 4 is 29.8 Å². The van der Waals surface area contributed by atoms with Crippen molar-refractivity contribution in [2.45, 2.75) is 65.3 Å². The van der Waals surface area contributed by atoms with Crippen LogP contribution in [0.25, 0.3) is 0 Å². The van der Waals surface area contributed by atoms with E-state index in [1.807, 2.05) is 0 Å². The molecule has 0 aromatic heterocycles. The fourth-order valence-corrected chi connectivity index (χ4v) is 2.55. The van der Waals surface area contributed by atoms with Gasteiger partial charge in [0.15, 0.2) is 12.2 Å². The van der Waals surface area contributed by atoms with Gasteiger partial charge in [-0.25, -0.2) is 0 Å². The third-order valence-corrected chi connectivity index (χ3v) is 3.35. The highest BCUT2D eigenvalue weighted by Gasteiger charge is 2.52. The van der Waals surface area contributed by atoms with Gasteiger partial charge in [0.2, 0.25) is 12.2 Å². The highest BCUT2D eigenvalue weighted by Crippen LogP contribution is 2.28. The van der Waals surface area contributed by atoms with Gasteiger partial charge in [0.05, 0.1) is 0 Å². The summed E-state index contributed by atoms with van der Waals surface area (Å²) in [7, 11) is 0. The van der Waals surface area contributed by atoms with Gasteiger partial charge in [-0.3, -0.25) is 24.0 Å². The zero-order valence-corrected chi connectivity index (χ0v) is 15.7. The Bertz CT molecular complexity index is 604. The van der Waals surface area contributed by atoms with E-state index in [1.54, 1.807) is 0 Å². The lowest BCUT2D eigenvalue weighted by molar-refractivity contribution is -0.270. The van der Waals surface area contributed by atoms with Crippen LogP contribution < -0.4 is 5.32 Å². The van der Waals surface area contributed by atoms with Gasteiger partial charge in [0.1, 0.15) is 18.8 Å². The van der Waals surface area contributed by atoms with Crippen molar-refractivity contribution in [2.24, 2.45) is 0 Å². The zero-order chi connectivity index (χ0) is 20.7. The quantitative estimate of drug-likeness (QED) is 0.453. The highest BCUT2D eigenvalue weighted by molar-refractivity contribution is 5.74. The van der Waals surface area contributed by atoms with E-state index in [0.717, 1.165) is 27.7 Å². The van der Waals surface area contributed by atoms with E-state index in [2.05, 4.69) is 5.32 Å². The maximum absolute atomic E-state index is 11.6. The molecule has 5 atom stereocenters. The third-order valence-electron chi connectivity index (χ3n) is 3.35. The topological polar surface area (TPSA) is 144 Å². The summed E-state index contributed by atoms with van der Waals surface area (Å²) >= 11 is 0. The molecule has 1 heterocycles. The fraction of sp³-hybridized carbons (Fsp3) is 0.688. The van der Waals surface area contributed by atoms with Crippen LogP contribution in [-0.2, 0) is 47.7 Å². The fourth-order valence-electron chi connectivity index (χ4n) is 2.55. The van der Waals surface area contributed by atoms with Gasteiger partial charge in [0.25, 0.3) is 0 Å². The summed E-state index contributed by atoms with van der Waals surface area (Å²) in [6.45, 7) is 5.36. The minimum absolute atomic E-state index is 0.365. The van der Waals surface area contributed by atoms with Crippen LogP contribution in [0.4, 0.5) is 0 Å². The van der Waals surface area contributed by atoms with E-state index in [4.69, 9.17) is 23.7 Å². The monoisotopic (exact) mass is 389 g/mol. The van der Waals surface area contributed by atoms with E-state index < -0.39 is 60.4 Å². The molecule has 1 rings (SSSR count). The second-order valence-corrected chi connectivity index (χ2v) is 5.83. The molecule has 0 radical (unpaired) electrons. The van der Waals surface area contributed by atoms with Gasteiger partial charge in [0, 0.05) is 34.6 Å². The molecular formula is C16H23NO10. The average Bonchev–Trinajstić information content (AvgIpc) is 2.49. The lowest BCUT2D eigenvalue weighted by atomic mass is 9.96. The van der Waals surface area contributed by atoms with Crippen molar-refractivity contribution in [2.75, 3.05) is 6.61 Å². The number of esters is 4. The summed E-state index contributed by atoms with van der Waals surface area (Å²) in [5, 5.41) is 2.46. The van der Waals surface area contributed by atoms with Crippen LogP contribution in [0.2, 0.25) is 0 Å². The summed E-state index contributed by atoms with van der Waals surface area (Å²) in [6, 6.07) is -1.16. The van der Waals surface area contributed by atoms with Gasteiger partial charge in [-0.2, -0.15) is 0 Å². The molecule has 0 aliphatic carbocycles. The van der Waals surface area contributed by atoms with E-state index >= 15 is 0 Å². The first-order valence-electron chi connectivity index (χ1n) is 8.08. The number of hydrogen-bond acceptors (Lipinski definition) is 10. The maximum Gasteiger partial charge on any atom is 0.305 e. The van der Waals surface area contributed by atoms with Crippen LogP contribution >= 0.6 is 0 Å². The molecule has 1 amide bonds. The molecule has 0 bridgehead atoms. The molecule has 11 heteroatoms. The van der Waals surface area contributed by atoms with Crippen molar-refractivity contribution in [3.63, 3.8) is 0 Å². The Balaban J connectivity index is 3.29. The van der Waals surface area contributed by atoms with Crippen molar-refractivity contribution in [3.05, 3.63) is 0 Å². The van der Waals surface area contributed by atoms with Crippen LogP contribution in [0, 0.1) is 0 Å². The predicted octanol–water partition coefficient (Wildman–Crippen LogP) is -0.794. The Labute approximate surface area is 155 Å². The number of carbonyl (C=O) groups excluding carboxylic acids is 5. The van der Waals surface area contributed by atoms with E-state index in [0.29, 0.717) is 0 Å². The Morgan fingerprint density at radius 3 is 1.74 bits per heavy atom. The van der Waals surface area contributed by atoms with Crippen molar-refractivity contribution < 1.29 is 47.7 Å². The summed E-state index contributed by atoms with van der Waals surface area (Å²) in [5.41, 5.74) is 0. The van der Waals surface area contributed by atoms with E-state index in [9.17, 15) is 24.0 Å². The minimum atomic E-state index is -1.37. The van der Waals surface area contributed by atoms with Gasteiger partial charge in [-0.15, -0.1) is 0 Å².